The van der Waals surface area contributed by atoms with Crippen LogP contribution in [0.25, 0.3) is 0 Å². The highest BCUT2D eigenvalue weighted by atomic mass is 35.5. The van der Waals surface area contributed by atoms with Gasteiger partial charge in [-0.25, -0.2) is 0 Å². The minimum Gasteiger partial charge on any atom is -0.490 e. The topological polar surface area (TPSA) is 78.4 Å². The molecule has 1 aromatic carbocycles. The van der Waals surface area contributed by atoms with Gasteiger partial charge in [0.1, 0.15) is 10.8 Å². The first-order chi connectivity index (χ1) is 8.56. The number of nitrogens with zero attached hydrogens (tertiary/aromatic N) is 1. The summed E-state index contributed by atoms with van der Waals surface area (Å²) < 4.78 is 5.76. The van der Waals surface area contributed by atoms with Gasteiger partial charge in [-0.2, -0.15) is 0 Å². The molecule has 6 heteroatoms. The van der Waals surface area contributed by atoms with Crippen LogP contribution in [0, 0.1) is 10.1 Å². The predicted octanol–water partition coefficient (Wildman–Crippen LogP) is 2.90. The molecule has 2 N–H and O–H groups in total. The second-order valence-corrected chi connectivity index (χ2v) is 4.93. The highest BCUT2D eigenvalue weighted by molar-refractivity contribution is 6.32. The van der Waals surface area contributed by atoms with Crippen molar-refractivity contribution in [2.45, 2.75) is 37.8 Å². The summed E-state index contributed by atoms with van der Waals surface area (Å²) in [7, 11) is 0. The lowest BCUT2D eigenvalue weighted by molar-refractivity contribution is -0.384. The molecule has 18 heavy (non-hydrogen) atoms. The van der Waals surface area contributed by atoms with E-state index < -0.39 is 4.92 Å². The number of halogens is 1. The Morgan fingerprint density at radius 2 is 2.00 bits per heavy atom. The zero-order chi connectivity index (χ0) is 13.1. The predicted molar refractivity (Wildman–Crippen MR) is 69.0 cm³/mol. The Morgan fingerprint density at radius 1 is 1.33 bits per heavy atom. The van der Waals surface area contributed by atoms with Crippen LogP contribution in [0.1, 0.15) is 25.7 Å². The summed E-state index contributed by atoms with van der Waals surface area (Å²) in [4.78, 5) is 10.1. The summed E-state index contributed by atoms with van der Waals surface area (Å²) in [6, 6.07) is 4.71. The van der Waals surface area contributed by atoms with Gasteiger partial charge >= 0.3 is 0 Å². The molecular formula is C12H15ClN2O3. The van der Waals surface area contributed by atoms with Crippen LogP contribution < -0.4 is 10.5 Å². The van der Waals surface area contributed by atoms with Crippen molar-refractivity contribution in [3.63, 3.8) is 0 Å². The van der Waals surface area contributed by atoms with E-state index in [9.17, 15) is 10.1 Å². The van der Waals surface area contributed by atoms with Crippen molar-refractivity contribution < 1.29 is 9.66 Å². The molecule has 1 aliphatic carbocycles. The molecule has 0 atom stereocenters. The highest BCUT2D eigenvalue weighted by Gasteiger charge is 2.20. The zero-order valence-electron chi connectivity index (χ0n) is 9.84. The van der Waals surface area contributed by atoms with Crippen LogP contribution >= 0.6 is 11.6 Å². The molecule has 0 spiro atoms. The molecule has 98 valence electrons. The lowest BCUT2D eigenvalue weighted by Crippen LogP contribution is -2.31. The van der Waals surface area contributed by atoms with E-state index in [0.29, 0.717) is 5.75 Å². The summed E-state index contributed by atoms with van der Waals surface area (Å²) in [6.45, 7) is 0. The number of benzene rings is 1. The molecule has 1 fully saturated rings. The molecule has 0 unspecified atom stereocenters. The van der Waals surface area contributed by atoms with E-state index in [1.165, 1.54) is 12.1 Å². The van der Waals surface area contributed by atoms with Crippen molar-refractivity contribution in [2.75, 3.05) is 0 Å². The largest absolute Gasteiger partial charge is 0.490 e. The third-order valence-corrected chi connectivity index (χ3v) is 3.44. The molecule has 0 aromatic heterocycles. The lowest BCUT2D eigenvalue weighted by atomic mass is 9.94. The third kappa shape index (κ3) is 3.11. The number of rotatable bonds is 3. The minimum atomic E-state index is -0.508. The van der Waals surface area contributed by atoms with Crippen LogP contribution in [0.15, 0.2) is 18.2 Å². The Bertz CT molecular complexity index is 445. The van der Waals surface area contributed by atoms with Crippen LogP contribution in [0.2, 0.25) is 5.02 Å². The normalized spacial score (nSPS) is 23.7. The molecule has 0 saturated heterocycles. The summed E-state index contributed by atoms with van der Waals surface area (Å²) >= 11 is 5.82. The van der Waals surface area contributed by atoms with Gasteiger partial charge in [0.05, 0.1) is 11.0 Å². The molecule has 1 aromatic rings. The van der Waals surface area contributed by atoms with Gasteiger partial charge in [0.25, 0.3) is 5.69 Å². The van der Waals surface area contributed by atoms with Crippen molar-refractivity contribution in [3.05, 3.63) is 33.3 Å². The summed E-state index contributed by atoms with van der Waals surface area (Å²) in [5.41, 5.74) is 5.71. The van der Waals surface area contributed by atoms with Gasteiger partial charge in [0, 0.05) is 18.2 Å². The smallest absolute Gasteiger partial charge is 0.288 e. The summed E-state index contributed by atoms with van der Waals surface area (Å²) in [5, 5.41) is 10.7. The first kappa shape index (κ1) is 13.1. The Kier molecular flexibility index (Phi) is 4.04. The van der Waals surface area contributed by atoms with E-state index in [-0.39, 0.29) is 22.9 Å². The Labute approximate surface area is 110 Å². The standard InChI is InChI=1S/C12H15ClN2O3/c13-11-7-10(5-6-12(11)15(16)17)18-9-3-1-8(14)2-4-9/h5-9H,1-4,14H2. The van der Waals surface area contributed by atoms with Crippen molar-refractivity contribution >= 4 is 17.3 Å². The first-order valence-electron chi connectivity index (χ1n) is 5.92. The fraction of sp³-hybridized carbons (Fsp3) is 0.500. The number of nitrogens with two attached hydrogens (primary N) is 1. The molecule has 0 bridgehead atoms. The second-order valence-electron chi connectivity index (χ2n) is 4.52. The maximum Gasteiger partial charge on any atom is 0.288 e. The summed E-state index contributed by atoms with van der Waals surface area (Å²) in [6.07, 6.45) is 3.85. The van der Waals surface area contributed by atoms with Crippen LogP contribution in [-0.2, 0) is 0 Å². The number of nitro benzene ring substituents is 1. The van der Waals surface area contributed by atoms with E-state index in [0.717, 1.165) is 25.7 Å². The number of hydrogen-bond donors (Lipinski definition) is 1. The maximum atomic E-state index is 10.6. The van der Waals surface area contributed by atoms with E-state index in [2.05, 4.69) is 0 Å². The van der Waals surface area contributed by atoms with Gasteiger partial charge in [-0.1, -0.05) is 11.6 Å². The maximum absolute atomic E-state index is 10.6. The molecular weight excluding hydrogens is 256 g/mol. The van der Waals surface area contributed by atoms with Crippen molar-refractivity contribution in [2.24, 2.45) is 5.73 Å². The molecule has 1 aliphatic rings. The van der Waals surface area contributed by atoms with Gasteiger partial charge < -0.3 is 10.5 Å². The van der Waals surface area contributed by atoms with E-state index >= 15 is 0 Å². The average Bonchev–Trinajstić information content (AvgIpc) is 2.32. The Hall–Kier alpha value is -1.33. The third-order valence-electron chi connectivity index (χ3n) is 3.14. The molecule has 1 saturated carbocycles. The highest BCUT2D eigenvalue weighted by Crippen LogP contribution is 2.30. The van der Waals surface area contributed by atoms with Gasteiger partial charge in [0.2, 0.25) is 0 Å². The van der Waals surface area contributed by atoms with Crippen LogP contribution in [0.3, 0.4) is 0 Å². The van der Waals surface area contributed by atoms with Crippen molar-refractivity contribution in [1.29, 1.82) is 0 Å². The molecule has 0 amide bonds. The van der Waals surface area contributed by atoms with Gasteiger partial charge in [-0.15, -0.1) is 0 Å². The average molecular weight is 271 g/mol. The molecule has 0 aliphatic heterocycles. The molecule has 2 rings (SSSR count). The van der Waals surface area contributed by atoms with Crippen LogP contribution in [0.5, 0.6) is 5.75 Å². The number of hydrogen-bond acceptors (Lipinski definition) is 4. The van der Waals surface area contributed by atoms with Gasteiger partial charge in [0.15, 0.2) is 0 Å². The second kappa shape index (κ2) is 5.54. The van der Waals surface area contributed by atoms with E-state index in [1.54, 1.807) is 6.07 Å². The van der Waals surface area contributed by atoms with E-state index in [1.807, 2.05) is 0 Å². The van der Waals surface area contributed by atoms with Gasteiger partial charge in [-0.3, -0.25) is 10.1 Å². The quantitative estimate of drug-likeness (QED) is 0.677. The van der Waals surface area contributed by atoms with Crippen LogP contribution in [-0.4, -0.2) is 17.1 Å². The van der Waals surface area contributed by atoms with Crippen molar-refractivity contribution in [1.82, 2.24) is 0 Å². The minimum absolute atomic E-state index is 0.102. The van der Waals surface area contributed by atoms with E-state index in [4.69, 9.17) is 22.1 Å². The first-order valence-corrected chi connectivity index (χ1v) is 6.30. The molecule has 0 radical (unpaired) electrons. The van der Waals surface area contributed by atoms with Crippen molar-refractivity contribution in [3.8, 4) is 5.75 Å². The SMILES string of the molecule is NC1CCC(Oc2ccc([N+](=O)[O-])c(Cl)c2)CC1. The summed E-state index contributed by atoms with van der Waals surface area (Å²) in [5.74, 6) is 0.575. The monoisotopic (exact) mass is 270 g/mol. The fourth-order valence-electron chi connectivity index (χ4n) is 2.11. The van der Waals surface area contributed by atoms with Gasteiger partial charge in [-0.05, 0) is 31.7 Å². The Morgan fingerprint density at radius 3 is 2.56 bits per heavy atom. The lowest BCUT2D eigenvalue weighted by Gasteiger charge is -2.26. The fourth-order valence-corrected chi connectivity index (χ4v) is 2.35. The molecule has 0 heterocycles. The zero-order valence-corrected chi connectivity index (χ0v) is 10.6. The number of nitro groups is 1. The Balaban J connectivity index is 2.02. The molecule has 5 nitrogen and oxygen atoms in total. The number of ether oxygens (including phenoxy) is 1. The van der Waals surface area contributed by atoms with Crippen LogP contribution in [0.4, 0.5) is 5.69 Å².